The summed E-state index contributed by atoms with van der Waals surface area (Å²) in [5.74, 6) is -0.317. The molecule has 1 heterocycles. The lowest BCUT2D eigenvalue weighted by Gasteiger charge is -2.17. The molecule has 0 bridgehead atoms. The van der Waals surface area contributed by atoms with Crippen LogP contribution in [0.15, 0.2) is 39.8 Å². The molecule has 2 N–H and O–H groups in total. The van der Waals surface area contributed by atoms with Crippen molar-refractivity contribution in [3.63, 3.8) is 0 Å². The first-order valence-corrected chi connectivity index (χ1v) is 7.30. The zero-order valence-corrected chi connectivity index (χ0v) is 11.9. The summed E-state index contributed by atoms with van der Waals surface area (Å²) in [7, 11) is -2.62. The third kappa shape index (κ3) is 2.68. The van der Waals surface area contributed by atoms with Crippen molar-refractivity contribution >= 4 is 15.7 Å². The van der Waals surface area contributed by atoms with Gasteiger partial charge < -0.3 is 10.2 Å². The van der Waals surface area contributed by atoms with Crippen molar-refractivity contribution in [1.82, 2.24) is 4.31 Å². The lowest BCUT2D eigenvalue weighted by molar-refractivity contribution is 0.403. The molecule has 0 aliphatic heterocycles. The van der Waals surface area contributed by atoms with Gasteiger partial charge >= 0.3 is 0 Å². The maximum atomic E-state index is 14.0. The highest BCUT2D eigenvalue weighted by Crippen LogP contribution is 2.25. The van der Waals surface area contributed by atoms with Gasteiger partial charge in [-0.1, -0.05) is 0 Å². The predicted octanol–water partition coefficient (Wildman–Crippen LogP) is 2.13. The lowest BCUT2D eigenvalue weighted by Crippen LogP contribution is -2.27. The Kier molecular flexibility index (Phi) is 3.82. The van der Waals surface area contributed by atoms with E-state index in [1.807, 2.05) is 0 Å². The minimum Gasteiger partial charge on any atom is -0.468 e. The summed E-state index contributed by atoms with van der Waals surface area (Å²) in [5, 5.41) is 0. The second-order valence-electron chi connectivity index (χ2n) is 4.49. The number of anilines is 1. The van der Waals surface area contributed by atoms with E-state index >= 15 is 0 Å². The van der Waals surface area contributed by atoms with Crippen molar-refractivity contribution in [3.05, 3.63) is 47.7 Å². The van der Waals surface area contributed by atoms with E-state index in [1.54, 1.807) is 12.1 Å². The highest BCUT2D eigenvalue weighted by Gasteiger charge is 2.26. The standard InChI is InChI=1S/C13H15FN2O3S/c1-9-6-10(15)7-12(13(9)14)20(17,18)16(2)8-11-4-3-5-19-11/h3-7H,8,15H2,1-2H3. The zero-order chi connectivity index (χ0) is 14.9. The van der Waals surface area contributed by atoms with Crippen LogP contribution >= 0.6 is 0 Å². The number of halogens is 1. The van der Waals surface area contributed by atoms with Crippen molar-refractivity contribution in [1.29, 1.82) is 0 Å². The Balaban J connectivity index is 2.40. The van der Waals surface area contributed by atoms with E-state index in [1.165, 1.54) is 26.3 Å². The molecule has 108 valence electrons. The lowest BCUT2D eigenvalue weighted by atomic mass is 10.2. The first-order valence-electron chi connectivity index (χ1n) is 5.86. The van der Waals surface area contributed by atoms with Gasteiger partial charge in [0.15, 0.2) is 0 Å². The maximum Gasteiger partial charge on any atom is 0.246 e. The van der Waals surface area contributed by atoms with Gasteiger partial charge in [0, 0.05) is 12.7 Å². The summed E-state index contributed by atoms with van der Waals surface area (Å²) in [6, 6.07) is 5.81. The number of rotatable bonds is 4. The molecule has 0 aliphatic rings. The van der Waals surface area contributed by atoms with E-state index in [0.717, 1.165) is 10.4 Å². The van der Waals surface area contributed by atoms with Crippen LogP contribution in [0.4, 0.5) is 10.1 Å². The molecular formula is C13H15FN2O3S. The van der Waals surface area contributed by atoms with Crippen LogP contribution in [0.2, 0.25) is 0 Å². The first-order chi connectivity index (χ1) is 9.32. The molecule has 0 aliphatic carbocycles. The third-order valence-electron chi connectivity index (χ3n) is 2.89. The monoisotopic (exact) mass is 298 g/mol. The van der Waals surface area contributed by atoms with Crippen molar-refractivity contribution in [2.24, 2.45) is 0 Å². The van der Waals surface area contributed by atoms with Crippen LogP contribution in [0.3, 0.4) is 0 Å². The predicted molar refractivity (Wildman–Crippen MR) is 72.9 cm³/mol. The fourth-order valence-electron chi connectivity index (χ4n) is 1.83. The van der Waals surface area contributed by atoms with Gasteiger partial charge in [0.1, 0.15) is 16.5 Å². The molecule has 0 atom stereocenters. The number of nitrogens with zero attached hydrogens (tertiary/aromatic N) is 1. The number of nitrogens with two attached hydrogens (primary N) is 1. The molecule has 0 fully saturated rings. The fourth-order valence-corrected chi connectivity index (χ4v) is 3.13. The third-order valence-corrected chi connectivity index (χ3v) is 4.69. The summed E-state index contributed by atoms with van der Waals surface area (Å²) in [6.07, 6.45) is 1.45. The largest absolute Gasteiger partial charge is 0.468 e. The van der Waals surface area contributed by atoms with E-state index in [2.05, 4.69) is 0 Å². The molecule has 0 amide bonds. The highest BCUT2D eigenvalue weighted by atomic mass is 32.2. The molecule has 2 aromatic rings. The Labute approximate surface area is 116 Å². The summed E-state index contributed by atoms with van der Waals surface area (Å²) < 4.78 is 44.9. The number of furan rings is 1. The van der Waals surface area contributed by atoms with Gasteiger partial charge in [-0.05, 0) is 36.8 Å². The highest BCUT2D eigenvalue weighted by molar-refractivity contribution is 7.89. The quantitative estimate of drug-likeness (QED) is 0.877. The summed E-state index contributed by atoms with van der Waals surface area (Å²) >= 11 is 0. The molecule has 0 radical (unpaired) electrons. The smallest absolute Gasteiger partial charge is 0.246 e. The van der Waals surface area contributed by atoms with Gasteiger partial charge in [-0.3, -0.25) is 0 Å². The van der Waals surface area contributed by atoms with Gasteiger partial charge in [0.05, 0.1) is 12.8 Å². The molecule has 0 saturated heterocycles. The number of hydrogen-bond acceptors (Lipinski definition) is 4. The minimum atomic E-state index is -3.97. The Morgan fingerprint density at radius 1 is 1.40 bits per heavy atom. The summed E-state index contributed by atoms with van der Waals surface area (Å²) in [5.41, 5.74) is 5.99. The van der Waals surface area contributed by atoms with Gasteiger partial charge in [-0.15, -0.1) is 0 Å². The van der Waals surface area contributed by atoms with Crippen LogP contribution in [0.5, 0.6) is 0 Å². The molecule has 0 spiro atoms. The molecule has 0 unspecified atom stereocenters. The number of aryl methyl sites for hydroxylation is 1. The van der Waals surface area contributed by atoms with E-state index in [4.69, 9.17) is 10.2 Å². The van der Waals surface area contributed by atoms with Crippen LogP contribution in [-0.2, 0) is 16.6 Å². The molecule has 0 saturated carbocycles. The number of nitrogen functional groups attached to an aromatic ring is 1. The summed E-state index contributed by atoms with van der Waals surface area (Å²) in [4.78, 5) is -0.427. The number of hydrogen-bond donors (Lipinski definition) is 1. The molecular weight excluding hydrogens is 283 g/mol. The van der Waals surface area contributed by atoms with E-state index < -0.39 is 20.7 Å². The minimum absolute atomic E-state index is 0.0165. The average molecular weight is 298 g/mol. The molecule has 2 rings (SSSR count). The molecule has 1 aromatic carbocycles. The second-order valence-corrected chi connectivity index (χ2v) is 6.50. The van der Waals surface area contributed by atoms with Gasteiger partial charge in [0.2, 0.25) is 10.0 Å². The van der Waals surface area contributed by atoms with E-state index in [-0.39, 0.29) is 17.8 Å². The second kappa shape index (κ2) is 5.26. The zero-order valence-electron chi connectivity index (χ0n) is 11.1. The number of sulfonamides is 1. The summed E-state index contributed by atoms with van der Waals surface area (Å²) in [6.45, 7) is 1.49. The normalized spacial score (nSPS) is 12.0. The Morgan fingerprint density at radius 3 is 2.70 bits per heavy atom. The van der Waals surface area contributed by atoms with Crippen LogP contribution in [-0.4, -0.2) is 19.8 Å². The molecule has 5 nitrogen and oxygen atoms in total. The van der Waals surface area contributed by atoms with Gasteiger partial charge in [-0.2, -0.15) is 4.31 Å². The Bertz CT molecular complexity index is 711. The van der Waals surface area contributed by atoms with Crippen LogP contribution < -0.4 is 5.73 Å². The SMILES string of the molecule is Cc1cc(N)cc(S(=O)(=O)N(C)Cc2ccco2)c1F. The molecule has 20 heavy (non-hydrogen) atoms. The average Bonchev–Trinajstić information content (AvgIpc) is 2.86. The van der Waals surface area contributed by atoms with Crippen molar-refractivity contribution in [3.8, 4) is 0 Å². The first kappa shape index (κ1) is 14.5. The maximum absolute atomic E-state index is 14.0. The Morgan fingerprint density at radius 2 is 2.10 bits per heavy atom. The number of benzene rings is 1. The Hall–Kier alpha value is -1.86. The topological polar surface area (TPSA) is 76.5 Å². The van der Waals surface area contributed by atoms with Crippen molar-refractivity contribution in [2.45, 2.75) is 18.4 Å². The van der Waals surface area contributed by atoms with Gasteiger partial charge in [0.25, 0.3) is 0 Å². The van der Waals surface area contributed by atoms with Crippen LogP contribution in [0.25, 0.3) is 0 Å². The van der Waals surface area contributed by atoms with Crippen LogP contribution in [0.1, 0.15) is 11.3 Å². The van der Waals surface area contributed by atoms with Crippen molar-refractivity contribution in [2.75, 3.05) is 12.8 Å². The molecule has 1 aromatic heterocycles. The molecule has 7 heteroatoms. The van der Waals surface area contributed by atoms with Gasteiger partial charge in [-0.25, -0.2) is 12.8 Å². The van der Waals surface area contributed by atoms with E-state index in [9.17, 15) is 12.8 Å². The van der Waals surface area contributed by atoms with E-state index in [0.29, 0.717) is 5.76 Å². The van der Waals surface area contributed by atoms with Crippen molar-refractivity contribution < 1.29 is 17.2 Å². The van der Waals surface area contributed by atoms with Crippen LogP contribution in [0, 0.1) is 12.7 Å². The fraction of sp³-hybridized carbons (Fsp3) is 0.231.